The van der Waals surface area contributed by atoms with Crippen molar-refractivity contribution in [2.75, 3.05) is 11.9 Å². The summed E-state index contributed by atoms with van der Waals surface area (Å²) in [6, 6.07) is 9.93. The Balaban J connectivity index is 1.66. The molecule has 0 bridgehead atoms. The van der Waals surface area contributed by atoms with Gasteiger partial charge in [-0.15, -0.1) is 0 Å². The van der Waals surface area contributed by atoms with Crippen LogP contribution in [-0.4, -0.2) is 31.6 Å². The van der Waals surface area contributed by atoms with Gasteiger partial charge in [-0.2, -0.15) is 4.98 Å². The molecule has 0 aliphatic heterocycles. The molecule has 0 amide bonds. The summed E-state index contributed by atoms with van der Waals surface area (Å²) >= 11 is 0. The number of aliphatic hydroxyl groups is 1. The molecule has 1 unspecified atom stereocenters. The molecule has 29 heavy (non-hydrogen) atoms. The molecule has 3 aromatic rings. The van der Waals surface area contributed by atoms with E-state index in [0.29, 0.717) is 24.2 Å². The van der Waals surface area contributed by atoms with Crippen molar-refractivity contribution < 1.29 is 5.11 Å². The summed E-state index contributed by atoms with van der Waals surface area (Å²) in [4.78, 5) is 17.4. The first kappa shape index (κ1) is 20.8. The van der Waals surface area contributed by atoms with E-state index >= 15 is 0 Å². The van der Waals surface area contributed by atoms with Crippen molar-refractivity contribution in [3.8, 4) is 11.4 Å². The van der Waals surface area contributed by atoms with Crippen LogP contribution in [0.25, 0.3) is 11.4 Å². The van der Waals surface area contributed by atoms with E-state index in [1.165, 1.54) is 6.33 Å². The van der Waals surface area contributed by atoms with Crippen LogP contribution in [0.5, 0.6) is 0 Å². The zero-order valence-corrected chi connectivity index (χ0v) is 16.8. The predicted molar refractivity (Wildman–Crippen MR) is 114 cm³/mol. The number of hydrogen-bond acceptors (Lipinski definition) is 7. The summed E-state index contributed by atoms with van der Waals surface area (Å²) in [5, 5.41) is 12.3. The van der Waals surface area contributed by atoms with Crippen molar-refractivity contribution in [2.24, 2.45) is 11.7 Å². The van der Waals surface area contributed by atoms with E-state index in [9.17, 15) is 0 Å². The van der Waals surface area contributed by atoms with Crippen LogP contribution in [0, 0.1) is 5.92 Å². The van der Waals surface area contributed by atoms with Crippen molar-refractivity contribution in [2.45, 2.75) is 39.2 Å². The number of pyridine rings is 1. The molecule has 1 atom stereocenters. The van der Waals surface area contributed by atoms with E-state index in [2.05, 4.69) is 38.2 Å². The van der Waals surface area contributed by atoms with E-state index < -0.39 is 0 Å². The van der Waals surface area contributed by atoms with Crippen molar-refractivity contribution in [1.82, 2.24) is 19.9 Å². The van der Waals surface area contributed by atoms with Crippen LogP contribution in [0.15, 0.2) is 49.1 Å². The van der Waals surface area contributed by atoms with Crippen LogP contribution in [-0.2, 0) is 13.0 Å². The van der Waals surface area contributed by atoms with Gasteiger partial charge in [0.2, 0.25) is 5.95 Å². The quantitative estimate of drug-likeness (QED) is 0.453. The minimum atomic E-state index is 0.253. The lowest BCUT2D eigenvalue weighted by Gasteiger charge is -2.09. The number of aryl methyl sites for hydroxylation is 1. The van der Waals surface area contributed by atoms with Crippen LogP contribution < -0.4 is 11.1 Å². The molecule has 0 aliphatic carbocycles. The first-order valence-electron chi connectivity index (χ1n) is 9.98. The lowest BCUT2D eigenvalue weighted by molar-refractivity contribution is 0.227. The first-order chi connectivity index (χ1) is 14.2. The second-order valence-electron chi connectivity index (χ2n) is 7.28. The van der Waals surface area contributed by atoms with Gasteiger partial charge in [-0.25, -0.2) is 9.97 Å². The maximum atomic E-state index is 9.12. The molecular formula is C22H28N6O. The van der Waals surface area contributed by atoms with Crippen molar-refractivity contribution in [3.05, 3.63) is 60.2 Å². The van der Waals surface area contributed by atoms with Gasteiger partial charge in [0.05, 0.1) is 0 Å². The van der Waals surface area contributed by atoms with E-state index in [1.54, 1.807) is 6.20 Å². The lowest BCUT2D eigenvalue weighted by atomic mass is 10.0. The van der Waals surface area contributed by atoms with E-state index in [1.807, 2.05) is 30.5 Å². The molecular weight excluding hydrogens is 364 g/mol. The highest BCUT2D eigenvalue weighted by Crippen LogP contribution is 2.19. The molecule has 4 N–H and O–H groups in total. The van der Waals surface area contributed by atoms with Crippen molar-refractivity contribution in [3.63, 3.8) is 0 Å². The Morgan fingerprint density at radius 1 is 1.10 bits per heavy atom. The second kappa shape index (κ2) is 10.6. The Kier molecular flexibility index (Phi) is 7.61. The average molecular weight is 393 g/mol. The highest BCUT2D eigenvalue weighted by atomic mass is 16.3. The number of nitrogens with zero attached hydrogens (tertiary/aromatic N) is 4. The van der Waals surface area contributed by atoms with Gasteiger partial charge in [-0.1, -0.05) is 25.5 Å². The SMILES string of the molecule is CC(CO)CCCCc1cncc(-c2ncnc(Nc3cccc(CN)c3)n2)c1. The van der Waals surface area contributed by atoms with Crippen molar-refractivity contribution in [1.29, 1.82) is 0 Å². The topological polar surface area (TPSA) is 110 Å². The summed E-state index contributed by atoms with van der Waals surface area (Å²) in [5.74, 6) is 1.43. The fourth-order valence-corrected chi connectivity index (χ4v) is 3.06. The van der Waals surface area contributed by atoms with Gasteiger partial charge >= 0.3 is 0 Å². The number of nitrogens with two attached hydrogens (primary N) is 1. The molecule has 2 heterocycles. The molecule has 0 saturated carbocycles. The number of aliphatic hydroxyl groups excluding tert-OH is 1. The maximum absolute atomic E-state index is 9.12. The van der Waals surface area contributed by atoms with Gasteiger partial charge in [-0.3, -0.25) is 4.98 Å². The molecule has 0 aliphatic rings. The van der Waals surface area contributed by atoms with Gasteiger partial charge in [-0.05, 0) is 54.5 Å². The summed E-state index contributed by atoms with van der Waals surface area (Å²) in [6.45, 7) is 2.81. The Labute approximate surface area is 171 Å². The normalized spacial score (nSPS) is 12.0. The van der Waals surface area contributed by atoms with Crippen LogP contribution in [0.3, 0.4) is 0 Å². The monoisotopic (exact) mass is 392 g/mol. The third-order valence-corrected chi connectivity index (χ3v) is 4.77. The van der Waals surface area contributed by atoms with Gasteiger partial charge in [0.1, 0.15) is 6.33 Å². The predicted octanol–water partition coefficient (Wildman–Crippen LogP) is 3.48. The number of benzene rings is 1. The largest absolute Gasteiger partial charge is 0.396 e. The number of hydrogen-bond donors (Lipinski definition) is 3. The summed E-state index contributed by atoms with van der Waals surface area (Å²) in [5.41, 5.74) is 9.65. The van der Waals surface area contributed by atoms with E-state index in [0.717, 1.165) is 48.1 Å². The molecule has 3 rings (SSSR count). The zero-order valence-electron chi connectivity index (χ0n) is 16.8. The van der Waals surface area contributed by atoms with E-state index in [-0.39, 0.29) is 6.61 Å². The highest BCUT2D eigenvalue weighted by Gasteiger charge is 2.07. The zero-order chi connectivity index (χ0) is 20.5. The fraction of sp³-hybridized carbons (Fsp3) is 0.364. The van der Waals surface area contributed by atoms with E-state index in [4.69, 9.17) is 10.8 Å². The molecule has 0 saturated heterocycles. The Bertz CT molecular complexity index is 917. The number of nitrogens with one attached hydrogen (secondary N) is 1. The molecule has 1 aromatic carbocycles. The molecule has 152 valence electrons. The van der Waals surface area contributed by atoms with Crippen LogP contribution in [0.2, 0.25) is 0 Å². The number of aromatic nitrogens is 4. The highest BCUT2D eigenvalue weighted by molar-refractivity contribution is 5.59. The fourth-order valence-electron chi connectivity index (χ4n) is 3.06. The minimum absolute atomic E-state index is 0.253. The standard InChI is InChI=1S/C22H28N6O/c1-16(14-29)5-2-3-6-18-9-19(13-24-12-18)21-25-15-26-22(28-21)27-20-8-4-7-17(10-20)11-23/h4,7-10,12-13,15-16,29H,2-3,5-6,11,14,23H2,1H3,(H,25,26,27,28). The third kappa shape index (κ3) is 6.30. The minimum Gasteiger partial charge on any atom is -0.396 e. The van der Waals surface area contributed by atoms with Crippen LogP contribution in [0.1, 0.15) is 37.3 Å². The second-order valence-corrected chi connectivity index (χ2v) is 7.28. The molecule has 0 spiro atoms. The first-order valence-corrected chi connectivity index (χ1v) is 9.98. The van der Waals surface area contributed by atoms with Crippen LogP contribution >= 0.6 is 0 Å². The average Bonchev–Trinajstić information content (AvgIpc) is 2.77. The molecule has 2 aromatic heterocycles. The number of anilines is 2. The smallest absolute Gasteiger partial charge is 0.230 e. The molecule has 7 nitrogen and oxygen atoms in total. The Morgan fingerprint density at radius 2 is 2.00 bits per heavy atom. The number of rotatable bonds is 10. The summed E-state index contributed by atoms with van der Waals surface area (Å²) < 4.78 is 0. The van der Waals surface area contributed by atoms with Crippen molar-refractivity contribution >= 4 is 11.6 Å². The van der Waals surface area contributed by atoms with Crippen LogP contribution in [0.4, 0.5) is 11.6 Å². The van der Waals surface area contributed by atoms with Gasteiger partial charge in [0.15, 0.2) is 5.82 Å². The molecule has 0 fully saturated rings. The van der Waals surface area contributed by atoms with Gasteiger partial charge in [0, 0.05) is 36.8 Å². The lowest BCUT2D eigenvalue weighted by Crippen LogP contribution is -2.02. The number of unbranched alkanes of at least 4 members (excludes halogenated alkanes) is 1. The molecule has 7 heteroatoms. The maximum Gasteiger partial charge on any atom is 0.230 e. The summed E-state index contributed by atoms with van der Waals surface area (Å²) in [6.07, 6.45) is 9.30. The van der Waals surface area contributed by atoms with Gasteiger partial charge < -0.3 is 16.2 Å². The Hall–Kier alpha value is -2.90. The summed E-state index contributed by atoms with van der Waals surface area (Å²) in [7, 11) is 0. The third-order valence-electron chi connectivity index (χ3n) is 4.77. The molecule has 0 radical (unpaired) electrons. The Morgan fingerprint density at radius 3 is 2.83 bits per heavy atom. The van der Waals surface area contributed by atoms with Gasteiger partial charge in [0.25, 0.3) is 0 Å².